The van der Waals surface area contributed by atoms with Crippen LogP contribution in [-0.4, -0.2) is 65.0 Å². The number of piperidine rings is 1. The van der Waals surface area contributed by atoms with Crippen LogP contribution in [0.4, 0.5) is 17.6 Å². The maximum absolute atomic E-state index is 15.0. The minimum absolute atomic E-state index is 0.150. The molecule has 0 saturated carbocycles. The van der Waals surface area contributed by atoms with Crippen molar-refractivity contribution in [3.8, 4) is 11.3 Å². The number of imidazole rings is 1. The second kappa shape index (κ2) is 10.5. The highest BCUT2D eigenvalue weighted by molar-refractivity contribution is 7.23. The zero-order chi connectivity index (χ0) is 27.1. The molecule has 2 aliphatic heterocycles. The molecule has 6 nitrogen and oxygen atoms in total. The standard InChI is InChI=1S/C28H29F4N5OS/c29-19-6-10-36(11-7-19)9-1-8-33-26(38)18-3-5-24-25(13-18)39-27-35-23(15-37(24)27)20-4-2-17(12-21(20)30)22-14-28(31,32)16-34-22/h2-5,12-13,15,19,22,34H,1,6-11,14,16H2,(H,33,38). The van der Waals surface area contributed by atoms with Gasteiger partial charge in [0.15, 0.2) is 4.96 Å². The lowest BCUT2D eigenvalue weighted by Gasteiger charge is -2.28. The Morgan fingerprint density at radius 1 is 1.18 bits per heavy atom. The van der Waals surface area contributed by atoms with Crippen LogP contribution in [0.25, 0.3) is 26.4 Å². The molecule has 0 bridgehead atoms. The predicted molar refractivity (Wildman–Crippen MR) is 144 cm³/mol. The van der Waals surface area contributed by atoms with E-state index in [0.29, 0.717) is 46.7 Å². The number of nitrogens with one attached hydrogen (secondary N) is 2. The van der Waals surface area contributed by atoms with E-state index in [9.17, 15) is 22.4 Å². The van der Waals surface area contributed by atoms with Crippen molar-refractivity contribution in [2.45, 2.75) is 43.8 Å². The summed E-state index contributed by atoms with van der Waals surface area (Å²) in [6.07, 6.45) is 2.69. The van der Waals surface area contributed by atoms with Crippen molar-refractivity contribution in [1.29, 1.82) is 0 Å². The van der Waals surface area contributed by atoms with Crippen LogP contribution in [0.1, 0.15) is 47.6 Å². The molecule has 0 radical (unpaired) electrons. The molecule has 0 aliphatic carbocycles. The van der Waals surface area contributed by atoms with Crippen molar-refractivity contribution < 1.29 is 22.4 Å². The Hall–Kier alpha value is -3.02. The minimum atomic E-state index is -2.79. The molecular weight excluding hydrogens is 530 g/mol. The number of benzene rings is 2. The average Bonchev–Trinajstić information content (AvgIpc) is 3.59. The number of alkyl halides is 3. The van der Waals surface area contributed by atoms with E-state index in [4.69, 9.17) is 0 Å². The summed E-state index contributed by atoms with van der Waals surface area (Å²) in [6, 6.07) is 9.42. The van der Waals surface area contributed by atoms with Gasteiger partial charge in [-0.25, -0.2) is 22.5 Å². The number of aromatic nitrogens is 2. The lowest BCUT2D eigenvalue weighted by atomic mass is 10.0. The molecule has 4 heterocycles. The molecule has 2 aliphatic rings. The van der Waals surface area contributed by atoms with E-state index >= 15 is 0 Å². The van der Waals surface area contributed by atoms with E-state index in [-0.39, 0.29) is 12.3 Å². The van der Waals surface area contributed by atoms with E-state index in [2.05, 4.69) is 20.5 Å². The SMILES string of the molecule is O=C(NCCCN1CCC(F)CC1)c1ccc2c(c1)sc1nc(-c3ccc(C4CC(F)(F)CN4)cc3F)cn12. The number of hydrogen-bond donors (Lipinski definition) is 2. The first-order valence-electron chi connectivity index (χ1n) is 13.2. The number of amides is 1. The van der Waals surface area contributed by atoms with Gasteiger partial charge in [-0.05, 0) is 61.7 Å². The molecular formula is C28H29F4N5OS. The second-order valence-corrected chi connectivity index (χ2v) is 11.4. The Balaban J connectivity index is 1.12. The van der Waals surface area contributed by atoms with E-state index in [1.165, 1.54) is 17.4 Å². The summed E-state index contributed by atoms with van der Waals surface area (Å²) in [5.74, 6) is -3.45. The quantitative estimate of drug-likeness (QED) is 0.229. The van der Waals surface area contributed by atoms with Crippen molar-refractivity contribution in [1.82, 2.24) is 24.9 Å². The maximum Gasteiger partial charge on any atom is 0.262 e. The van der Waals surface area contributed by atoms with Gasteiger partial charge in [0.05, 0.1) is 22.5 Å². The van der Waals surface area contributed by atoms with Crippen LogP contribution in [0.5, 0.6) is 0 Å². The highest BCUT2D eigenvalue weighted by Crippen LogP contribution is 2.36. The number of carbonyl (C=O) groups excluding carboxylic acids is 1. The van der Waals surface area contributed by atoms with Crippen LogP contribution >= 0.6 is 11.3 Å². The van der Waals surface area contributed by atoms with Gasteiger partial charge in [0.2, 0.25) is 0 Å². The molecule has 2 aromatic carbocycles. The monoisotopic (exact) mass is 559 g/mol. The Morgan fingerprint density at radius 2 is 2.00 bits per heavy atom. The number of fused-ring (bicyclic) bond motifs is 3. The van der Waals surface area contributed by atoms with E-state index < -0.39 is 30.5 Å². The molecule has 0 spiro atoms. The normalized spacial score (nSPS) is 20.3. The molecule has 4 aromatic rings. The second-order valence-electron chi connectivity index (χ2n) is 10.4. The van der Waals surface area contributed by atoms with Gasteiger partial charge >= 0.3 is 0 Å². The summed E-state index contributed by atoms with van der Waals surface area (Å²) in [7, 11) is 0. The minimum Gasteiger partial charge on any atom is -0.352 e. The zero-order valence-corrected chi connectivity index (χ0v) is 22.0. The average molecular weight is 560 g/mol. The topological polar surface area (TPSA) is 61.7 Å². The van der Waals surface area contributed by atoms with Gasteiger partial charge in [0.25, 0.3) is 11.8 Å². The summed E-state index contributed by atoms with van der Waals surface area (Å²) >= 11 is 1.40. The number of likely N-dealkylation sites (tertiary alicyclic amines) is 1. The van der Waals surface area contributed by atoms with E-state index in [1.807, 2.05) is 16.5 Å². The van der Waals surface area contributed by atoms with Crippen molar-refractivity contribution >= 4 is 32.4 Å². The summed E-state index contributed by atoms with van der Waals surface area (Å²) in [4.78, 5) is 20.2. The molecule has 2 aromatic heterocycles. The van der Waals surface area contributed by atoms with Crippen LogP contribution in [-0.2, 0) is 0 Å². The number of hydrogen-bond acceptors (Lipinski definition) is 5. The molecule has 6 rings (SSSR count). The van der Waals surface area contributed by atoms with Crippen molar-refractivity contribution in [3.63, 3.8) is 0 Å². The molecule has 1 atom stereocenters. The van der Waals surface area contributed by atoms with Crippen molar-refractivity contribution in [2.75, 3.05) is 32.7 Å². The molecule has 1 amide bonds. The Kier molecular flexibility index (Phi) is 7.07. The van der Waals surface area contributed by atoms with Gasteiger partial charge < -0.3 is 15.5 Å². The number of halogens is 4. The largest absolute Gasteiger partial charge is 0.352 e. The molecule has 11 heteroatoms. The third-order valence-electron chi connectivity index (χ3n) is 7.59. The fourth-order valence-corrected chi connectivity index (χ4v) is 6.46. The first kappa shape index (κ1) is 26.2. The van der Waals surface area contributed by atoms with Gasteiger partial charge in [-0.3, -0.25) is 9.20 Å². The highest BCUT2D eigenvalue weighted by atomic mass is 32.1. The van der Waals surface area contributed by atoms with Crippen LogP contribution in [0.15, 0.2) is 42.6 Å². The maximum atomic E-state index is 15.0. The molecule has 2 saturated heterocycles. The predicted octanol–water partition coefficient (Wildman–Crippen LogP) is 5.58. The van der Waals surface area contributed by atoms with Crippen LogP contribution < -0.4 is 10.6 Å². The third kappa shape index (κ3) is 5.53. The summed E-state index contributed by atoms with van der Waals surface area (Å²) in [5.41, 5.74) is 2.66. The molecule has 1 unspecified atom stereocenters. The summed E-state index contributed by atoms with van der Waals surface area (Å²) in [6.45, 7) is 2.52. The van der Waals surface area contributed by atoms with Gasteiger partial charge in [-0.2, -0.15) is 0 Å². The lowest BCUT2D eigenvalue weighted by molar-refractivity contribution is 0.0210. The molecule has 206 valence electrons. The fraction of sp³-hybridized carbons (Fsp3) is 0.429. The first-order valence-corrected chi connectivity index (χ1v) is 14.0. The Bertz CT molecular complexity index is 1510. The molecule has 2 N–H and O–H groups in total. The molecule has 39 heavy (non-hydrogen) atoms. The fourth-order valence-electron chi connectivity index (χ4n) is 5.41. The lowest BCUT2D eigenvalue weighted by Crippen LogP contribution is -2.36. The van der Waals surface area contributed by atoms with E-state index in [0.717, 1.165) is 36.3 Å². The van der Waals surface area contributed by atoms with Crippen LogP contribution in [0, 0.1) is 5.82 Å². The van der Waals surface area contributed by atoms with Gasteiger partial charge in [0, 0.05) is 49.4 Å². The number of rotatable bonds is 7. The van der Waals surface area contributed by atoms with Crippen molar-refractivity contribution in [3.05, 3.63) is 59.5 Å². The van der Waals surface area contributed by atoms with Gasteiger partial charge in [-0.1, -0.05) is 17.4 Å². The third-order valence-corrected chi connectivity index (χ3v) is 8.61. The van der Waals surface area contributed by atoms with Gasteiger partial charge in [0.1, 0.15) is 12.0 Å². The first-order chi connectivity index (χ1) is 18.8. The summed E-state index contributed by atoms with van der Waals surface area (Å²) in [5, 5.41) is 5.71. The summed E-state index contributed by atoms with van der Waals surface area (Å²) < 4.78 is 58.1. The number of nitrogens with zero attached hydrogens (tertiary/aromatic N) is 3. The Labute approximate surface area is 227 Å². The number of thiazole rings is 1. The smallest absolute Gasteiger partial charge is 0.262 e. The Morgan fingerprint density at radius 3 is 2.74 bits per heavy atom. The van der Waals surface area contributed by atoms with Crippen molar-refractivity contribution in [2.24, 2.45) is 0 Å². The van der Waals surface area contributed by atoms with Crippen LogP contribution in [0.3, 0.4) is 0 Å². The van der Waals surface area contributed by atoms with Crippen LogP contribution in [0.2, 0.25) is 0 Å². The van der Waals surface area contributed by atoms with Gasteiger partial charge in [-0.15, -0.1) is 0 Å². The molecule has 2 fully saturated rings. The van der Waals surface area contributed by atoms with E-state index in [1.54, 1.807) is 24.4 Å². The highest BCUT2D eigenvalue weighted by Gasteiger charge is 2.40. The zero-order valence-electron chi connectivity index (χ0n) is 21.2. The number of carbonyl (C=O) groups is 1.